The fourth-order valence-electron chi connectivity index (χ4n) is 3.86. The van der Waals surface area contributed by atoms with Crippen LogP contribution < -0.4 is 10.7 Å². The highest BCUT2D eigenvalue weighted by Gasteiger charge is 2.34. The molecule has 1 aromatic heterocycles. The molecule has 1 fully saturated rings. The molecule has 160 valence electrons. The molecular weight excluding hydrogens is 448 g/mol. The number of benzene rings is 1. The van der Waals surface area contributed by atoms with E-state index in [0.29, 0.717) is 24.7 Å². The largest absolute Gasteiger partial charge is 0.377 e. The number of hydrogen-bond acceptors (Lipinski definition) is 6. The first-order valence-electron chi connectivity index (χ1n) is 9.63. The number of piperazine rings is 1. The highest BCUT2D eigenvalue weighted by atomic mass is 35.5. The summed E-state index contributed by atoms with van der Waals surface area (Å²) in [7, 11) is -3.67. The SMILES string of the molecule is O=C(N1CCN(S(=O)(=O)c2cc3cc(Cl)ccc3[nH]2)CC1)N1CCC2=C(N1)SCN2. The molecule has 1 aromatic carbocycles. The highest BCUT2D eigenvalue weighted by Crippen LogP contribution is 2.28. The van der Waals surface area contributed by atoms with Crippen molar-refractivity contribution < 1.29 is 13.2 Å². The quantitative estimate of drug-likeness (QED) is 0.622. The average Bonchev–Trinajstić information content (AvgIpc) is 3.39. The molecule has 0 spiro atoms. The third-order valence-electron chi connectivity index (χ3n) is 5.51. The van der Waals surface area contributed by atoms with E-state index in [9.17, 15) is 13.2 Å². The lowest BCUT2D eigenvalue weighted by Gasteiger charge is -2.38. The van der Waals surface area contributed by atoms with Gasteiger partial charge in [-0.1, -0.05) is 23.4 Å². The van der Waals surface area contributed by atoms with Crippen LogP contribution in [0, 0.1) is 0 Å². The van der Waals surface area contributed by atoms with Crippen molar-refractivity contribution in [2.45, 2.75) is 11.4 Å². The molecule has 2 aromatic rings. The Bertz CT molecular complexity index is 1140. The fraction of sp³-hybridized carbons (Fsp3) is 0.389. The Kier molecular flexibility index (Phi) is 5.00. The van der Waals surface area contributed by atoms with E-state index in [1.54, 1.807) is 45.9 Å². The Labute approximate surface area is 183 Å². The van der Waals surface area contributed by atoms with Crippen LogP contribution in [0.2, 0.25) is 5.02 Å². The number of hydrogen-bond donors (Lipinski definition) is 3. The molecular formula is C18H21ClN6O3S2. The van der Waals surface area contributed by atoms with Crippen molar-refractivity contribution in [3.8, 4) is 0 Å². The maximum atomic E-state index is 13.1. The van der Waals surface area contributed by atoms with E-state index in [1.165, 1.54) is 4.31 Å². The van der Waals surface area contributed by atoms with Crippen molar-refractivity contribution in [1.29, 1.82) is 0 Å². The molecule has 3 aliphatic rings. The second-order valence-electron chi connectivity index (χ2n) is 7.33. The number of rotatable bonds is 2. The molecule has 0 atom stereocenters. The van der Waals surface area contributed by atoms with Gasteiger partial charge in [0.1, 0.15) is 10.1 Å². The van der Waals surface area contributed by atoms with Crippen molar-refractivity contribution in [3.05, 3.63) is 40.0 Å². The minimum atomic E-state index is -3.67. The van der Waals surface area contributed by atoms with Crippen LogP contribution in [0.25, 0.3) is 10.9 Å². The molecule has 1 saturated heterocycles. The fourth-order valence-corrected chi connectivity index (χ4v) is 6.39. The number of carbonyl (C=O) groups is 1. The minimum Gasteiger partial charge on any atom is -0.377 e. The predicted molar refractivity (Wildman–Crippen MR) is 116 cm³/mol. The summed E-state index contributed by atoms with van der Waals surface area (Å²) in [4.78, 5) is 17.5. The van der Waals surface area contributed by atoms with Crippen molar-refractivity contribution in [2.75, 3.05) is 38.6 Å². The van der Waals surface area contributed by atoms with Crippen LogP contribution in [0.15, 0.2) is 40.0 Å². The van der Waals surface area contributed by atoms with E-state index in [0.717, 1.165) is 33.9 Å². The molecule has 0 unspecified atom stereocenters. The Hall–Kier alpha value is -2.08. The number of urea groups is 1. The number of aromatic amines is 1. The van der Waals surface area contributed by atoms with Gasteiger partial charge in [0.05, 0.1) is 5.88 Å². The van der Waals surface area contributed by atoms with Gasteiger partial charge in [-0.25, -0.2) is 18.2 Å². The smallest absolute Gasteiger partial charge is 0.338 e. The van der Waals surface area contributed by atoms with E-state index in [1.807, 2.05) is 0 Å². The topological polar surface area (TPSA) is 101 Å². The second-order valence-corrected chi connectivity index (χ2v) is 10.7. The average molecular weight is 469 g/mol. The molecule has 0 radical (unpaired) electrons. The minimum absolute atomic E-state index is 0.119. The molecule has 5 rings (SSSR count). The number of thioether (sulfide) groups is 1. The van der Waals surface area contributed by atoms with Crippen LogP contribution in [0.3, 0.4) is 0 Å². The van der Waals surface area contributed by atoms with Crippen LogP contribution in [0.5, 0.6) is 0 Å². The Balaban J connectivity index is 1.25. The first kappa shape index (κ1) is 19.9. The zero-order valence-electron chi connectivity index (χ0n) is 16.0. The number of fused-ring (bicyclic) bond motifs is 1. The van der Waals surface area contributed by atoms with Crippen LogP contribution in [-0.4, -0.2) is 72.2 Å². The number of aromatic nitrogens is 1. The number of H-pyrrole nitrogens is 1. The summed E-state index contributed by atoms with van der Waals surface area (Å²) in [6, 6.07) is 6.69. The van der Waals surface area contributed by atoms with Gasteiger partial charge >= 0.3 is 6.03 Å². The van der Waals surface area contributed by atoms with E-state index >= 15 is 0 Å². The van der Waals surface area contributed by atoms with Crippen LogP contribution in [0.4, 0.5) is 4.79 Å². The van der Waals surface area contributed by atoms with E-state index in [-0.39, 0.29) is 24.1 Å². The number of nitrogens with zero attached hydrogens (tertiary/aromatic N) is 3. The lowest BCUT2D eigenvalue weighted by atomic mass is 10.2. The van der Waals surface area contributed by atoms with E-state index in [2.05, 4.69) is 15.7 Å². The number of sulfonamides is 1. The Morgan fingerprint density at radius 3 is 2.70 bits per heavy atom. The summed E-state index contributed by atoms with van der Waals surface area (Å²) in [6.07, 6.45) is 0.791. The maximum absolute atomic E-state index is 13.1. The van der Waals surface area contributed by atoms with E-state index in [4.69, 9.17) is 11.6 Å². The lowest BCUT2D eigenvalue weighted by Crippen LogP contribution is -2.57. The van der Waals surface area contributed by atoms with Gasteiger partial charge in [0, 0.05) is 60.8 Å². The van der Waals surface area contributed by atoms with Crippen LogP contribution in [0.1, 0.15) is 6.42 Å². The summed E-state index contributed by atoms with van der Waals surface area (Å²) < 4.78 is 27.5. The van der Waals surface area contributed by atoms with Gasteiger partial charge in [-0.15, -0.1) is 0 Å². The molecule has 12 heteroatoms. The normalized spacial score (nSPS) is 20.3. The number of hydrazine groups is 1. The second kappa shape index (κ2) is 7.56. The van der Waals surface area contributed by atoms with Gasteiger partial charge in [0.25, 0.3) is 10.0 Å². The number of carbonyl (C=O) groups excluding carboxylic acids is 1. The summed E-state index contributed by atoms with van der Waals surface area (Å²) in [5.74, 6) is 0.816. The summed E-state index contributed by atoms with van der Waals surface area (Å²) in [6.45, 7) is 1.78. The van der Waals surface area contributed by atoms with Crippen LogP contribution in [-0.2, 0) is 10.0 Å². The van der Waals surface area contributed by atoms with Crippen LogP contribution >= 0.6 is 23.4 Å². The van der Waals surface area contributed by atoms with Gasteiger partial charge < -0.3 is 15.2 Å². The Morgan fingerprint density at radius 2 is 1.90 bits per heavy atom. The molecule has 2 amide bonds. The zero-order chi connectivity index (χ0) is 20.9. The predicted octanol–water partition coefficient (Wildman–Crippen LogP) is 1.92. The Morgan fingerprint density at radius 1 is 1.10 bits per heavy atom. The van der Waals surface area contributed by atoms with Crippen molar-refractivity contribution in [1.82, 2.24) is 29.9 Å². The molecule has 30 heavy (non-hydrogen) atoms. The van der Waals surface area contributed by atoms with Gasteiger partial charge in [-0.05, 0) is 24.3 Å². The molecule has 4 heterocycles. The van der Waals surface area contributed by atoms with E-state index < -0.39 is 10.0 Å². The molecule has 0 saturated carbocycles. The molecule has 3 aliphatic heterocycles. The van der Waals surface area contributed by atoms with Gasteiger partial charge in [-0.2, -0.15) is 4.31 Å². The third-order valence-corrected chi connectivity index (χ3v) is 8.48. The summed E-state index contributed by atoms with van der Waals surface area (Å²) >= 11 is 7.65. The van der Waals surface area contributed by atoms with Gasteiger partial charge in [0.15, 0.2) is 0 Å². The maximum Gasteiger partial charge on any atom is 0.338 e. The summed E-state index contributed by atoms with van der Waals surface area (Å²) in [5.41, 5.74) is 5.04. The van der Waals surface area contributed by atoms with Gasteiger partial charge in [0.2, 0.25) is 0 Å². The lowest BCUT2D eigenvalue weighted by molar-refractivity contribution is 0.118. The number of amides is 2. The first-order valence-corrected chi connectivity index (χ1v) is 12.4. The molecule has 0 bridgehead atoms. The zero-order valence-corrected chi connectivity index (χ0v) is 18.4. The number of nitrogens with one attached hydrogen (secondary N) is 3. The standard InChI is InChI=1S/C18H21ClN6O3S2/c19-13-1-2-14-12(9-13)10-16(21-14)30(27,28)24-7-5-23(6-8-24)18(26)25-4-3-15-17(22-25)29-11-20-15/h1-2,9-10,20-22H,3-8,11H2. The monoisotopic (exact) mass is 468 g/mol. The first-order chi connectivity index (χ1) is 14.4. The summed E-state index contributed by atoms with van der Waals surface area (Å²) in [5, 5.41) is 7.35. The van der Waals surface area contributed by atoms with Gasteiger partial charge in [-0.3, -0.25) is 5.43 Å². The molecule has 3 N–H and O–H groups in total. The highest BCUT2D eigenvalue weighted by molar-refractivity contribution is 8.03. The van der Waals surface area contributed by atoms with Crippen molar-refractivity contribution in [2.24, 2.45) is 0 Å². The molecule has 9 nitrogen and oxygen atoms in total. The number of halogens is 1. The molecule has 0 aliphatic carbocycles. The van der Waals surface area contributed by atoms with Crippen molar-refractivity contribution >= 4 is 50.3 Å². The third kappa shape index (κ3) is 3.49. The van der Waals surface area contributed by atoms with Crippen molar-refractivity contribution in [3.63, 3.8) is 0 Å².